The van der Waals surface area contributed by atoms with Crippen molar-refractivity contribution in [1.82, 2.24) is 10.2 Å². The van der Waals surface area contributed by atoms with Crippen LogP contribution < -0.4 is 5.32 Å². The number of amides is 2. The summed E-state index contributed by atoms with van der Waals surface area (Å²) in [5.74, 6) is -0.908. The number of carboxylic acids is 1. The van der Waals surface area contributed by atoms with Crippen molar-refractivity contribution in [1.29, 1.82) is 0 Å². The number of rotatable bonds is 7. The zero-order valence-electron chi connectivity index (χ0n) is 16.6. The molecule has 0 aromatic heterocycles. The highest BCUT2D eigenvalue weighted by atomic mass is 16.5. The summed E-state index contributed by atoms with van der Waals surface area (Å²) >= 11 is 0. The molecule has 0 heterocycles. The molecule has 2 aliphatic rings. The molecule has 3 rings (SSSR count). The molecule has 0 saturated heterocycles. The van der Waals surface area contributed by atoms with Crippen LogP contribution in [0.5, 0.6) is 0 Å². The van der Waals surface area contributed by atoms with Crippen LogP contribution in [0, 0.1) is 5.92 Å². The Kier molecular flexibility index (Phi) is 6.36. The van der Waals surface area contributed by atoms with E-state index in [0.29, 0.717) is 0 Å². The number of allylic oxidation sites excluding steroid dienone is 4. The van der Waals surface area contributed by atoms with Gasteiger partial charge in [-0.2, -0.15) is 0 Å². The Bertz CT molecular complexity index is 845. The first kappa shape index (κ1) is 20.6. The fourth-order valence-electron chi connectivity index (χ4n) is 3.98. The highest BCUT2D eigenvalue weighted by Gasteiger charge is 2.39. The predicted molar refractivity (Wildman–Crippen MR) is 108 cm³/mol. The second kappa shape index (κ2) is 8.94. The van der Waals surface area contributed by atoms with Crippen molar-refractivity contribution in [3.05, 3.63) is 59.7 Å². The summed E-state index contributed by atoms with van der Waals surface area (Å²) in [5, 5.41) is 11.7. The Hall–Kier alpha value is -3.09. The minimum atomic E-state index is -1.19. The zero-order valence-corrected chi connectivity index (χ0v) is 16.6. The first-order chi connectivity index (χ1) is 13.9. The highest BCUT2D eigenvalue weighted by Crippen LogP contribution is 2.49. The van der Waals surface area contributed by atoms with Crippen molar-refractivity contribution in [2.24, 2.45) is 5.92 Å². The number of nitrogens with one attached hydrogen (secondary N) is 1. The van der Waals surface area contributed by atoms with Crippen LogP contribution in [0.4, 0.5) is 4.79 Å². The Labute approximate surface area is 170 Å². The van der Waals surface area contributed by atoms with E-state index in [1.54, 1.807) is 14.1 Å². The summed E-state index contributed by atoms with van der Waals surface area (Å²) in [5.41, 5.74) is 2.38. The molecule has 154 valence electrons. The minimum absolute atomic E-state index is 0.00589. The lowest BCUT2D eigenvalue weighted by Crippen LogP contribution is -2.42. The van der Waals surface area contributed by atoms with E-state index in [-0.39, 0.29) is 43.1 Å². The van der Waals surface area contributed by atoms with Crippen molar-refractivity contribution < 1.29 is 24.2 Å². The van der Waals surface area contributed by atoms with E-state index in [0.717, 1.165) is 5.56 Å². The predicted octanol–water partition coefficient (Wildman–Crippen LogP) is 2.66. The van der Waals surface area contributed by atoms with Gasteiger partial charge in [-0.3, -0.25) is 4.79 Å². The topological polar surface area (TPSA) is 95.9 Å². The second-order valence-electron chi connectivity index (χ2n) is 7.57. The molecule has 2 N–H and O–H groups in total. The average molecular weight is 398 g/mol. The summed E-state index contributed by atoms with van der Waals surface area (Å²) in [7, 11) is 3.20. The number of nitrogens with zero attached hydrogens (tertiary/aromatic N) is 1. The standard InChI is InChI=1S/C22H26N2O5/c1-24(2)20(25)12-11-19(21(26)27)23-22(28)29-13-18-16-9-5-3-7-14(16)15-8-4-6-10-17(15)18/h3-10,14,16,18-19H,11-13H2,1-2H3,(H,23,28)(H,26,27)/t14?,16?,18?,19-/m0/s1. The van der Waals surface area contributed by atoms with E-state index in [9.17, 15) is 19.5 Å². The maximum atomic E-state index is 12.2. The molecular formula is C22H26N2O5. The smallest absolute Gasteiger partial charge is 0.407 e. The Morgan fingerprint density at radius 3 is 2.52 bits per heavy atom. The fourth-order valence-corrected chi connectivity index (χ4v) is 3.98. The zero-order chi connectivity index (χ0) is 21.0. The van der Waals surface area contributed by atoms with Crippen LogP contribution in [0.2, 0.25) is 0 Å². The minimum Gasteiger partial charge on any atom is -0.480 e. The number of carbonyl (C=O) groups excluding carboxylic acids is 2. The first-order valence-corrected chi connectivity index (χ1v) is 9.68. The molecule has 0 radical (unpaired) electrons. The van der Waals surface area contributed by atoms with Crippen LogP contribution in [-0.2, 0) is 14.3 Å². The number of carbonyl (C=O) groups is 3. The van der Waals surface area contributed by atoms with Gasteiger partial charge < -0.3 is 20.1 Å². The fraction of sp³-hybridized carbons (Fsp3) is 0.409. The number of carboxylic acid groups (broad SMARTS) is 1. The van der Waals surface area contributed by atoms with Gasteiger partial charge in [-0.15, -0.1) is 0 Å². The number of alkyl carbamates (subject to hydrolysis) is 1. The molecule has 2 aliphatic carbocycles. The van der Waals surface area contributed by atoms with E-state index in [1.165, 1.54) is 10.5 Å². The maximum absolute atomic E-state index is 12.2. The number of hydrogen-bond donors (Lipinski definition) is 2. The molecule has 1 aromatic rings. The van der Waals surface area contributed by atoms with Gasteiger partial charge in [0.25, 0.3) is 0 Å². The van der Waals surface area contributed by atoms with Crippen molar-refractivity contribution in [3.8, 4) is 0 Å². The largest absolute Gasteiger partial charge is 0.480 e. The summed E-state index contributed by atoms with van der Waals surface area (Å²) in [6.07, 6.45) is 7.57. The Morgan fingerprint density at radius 2 is 1.83 bits per heavy atom. The first-order valence-electron chi connectivity index (χ1n) is 9.68. The number of fused-ring (bicyclic) bond motifs is 3. The van der Waals surface area contributed by atoms with Gasteiger partial charge in [-0.05, 0) is 23.5 Å². The molecule has 2 amide bonds. The highest BCUT2D eigenvalue weighted by molar-refractivity contribution is 5.81. The van der Waals surface area contributed by atoms with E-state index < -0.39 is 18.1 Å². The van der Waals surface area contributed by atoms with Crippen LogP contribution >= 0.6 is 0 Å². The molecule has 7 nitrogen and oxygen atoms in total. The third-order valence-corrected chi connectivity index (χ3v) is 5.53. The van der Waals surface area contributed by atoms with Crippen LogP contribution in [-0.4, -0.2) is 54.7 Å². The van der Waals surface area contributed by atoms with Gasteiger partial charge in [0.1, 0.15) is 12.6 Å². The van der Waals surface area contributed by atoms with Gasteiger partial charge in [-0.25, -0.2) is 9.59 Å². The molecule has 4 atom stereocenters. The van der Waals surface area contributed by atoms with E-state index >= 15 is 0 Å². The molecular weight excluding hydrogens is 372 g/mol. The lowest BCUT2D eigenvalue weighted by Gasteiger charge is -2.23. The van der Waals surface area contributed by atoms with Crippen molar-refractivity contribution in [2.45, 2.75) is 30.7 Å². The lowest BCUT2D eigenvalue weighted by atomic mass is 9.84. The molecule has 0 fully saturated rings. The van der Waals surface area contributed by atoms with Gasteiger partial charge >= 0.3 is 12.1 Å². The summed E-state index contributed by atoms with van der Waals surface area (Å²) in [6.45, 7) is 0.158. The van der Waals surface area contributed by atoms with Crippen molar-refractivity contribution in [2.75, 3.05) is 20.7 Å². The Morgan fingerprint density at radius 1 is 1.14 bits per heavy atom. The Balaban J connectivity index is 1.59. The quantitative estimate of drug-likeness (QED) is 0.736. The normalized spacial score (nSPS) is 22.3. The van der Waals surface area contributed by atoms with Gasteiger partial charge in [-0.1, -0.05) is 48.6 Å². The summed E-state index contributed by atoms with van der Waals surface area (Å²) in [6, 6.07) is 6.95. The lowest BCUT2D eigenvalue weighted by molar-refractivity contribution is -0.139. The number of hydrogen-bond acceptors (Lipinski definition) is 4. The summed E-state index contributed by atoms with van der Waals surface area (Å²) in [4.78, 5) is 36.7. The SMILES string of the molecule is CN(C)C(=O)CC[C@H](NC(=O)OCC1c2ccccc2C2C=CC=CC21)C(=O)O. The molecule has 0 saturated carbocycles. The van der Waals surface area contributed by atoms with Gasteiger partial charge in [0.05, 0.1) is 0 Å². The second-order valence-corrected chi connectivity index (χ2v) is 7.57. The molecule has 0 bridgehead atoms. The van der Waals surface area contributed by atoms with Gasteiger partial charge in [0.15, 0.2) is 0 Å². The molecule has 3 unspecified atom stereocenters. The van der Waals surface area contributed by atoms with Gasteiger partial charge in [0, 0.05) is 32.4 Å². The molecule has 0 spiro atoms. The summed E-state index contributed by atoms with van der Waals surface area (Å²) < 4.78 is 5.40. The molecule has 7 heteroatoms. The van der Waals surface area contributed by atoms with Crippen LogP contribution in [0.3, 0.4) is 0 Å². The van der Waals surface area contributed by atoms with Crippen molar-refractivity contribution >= 4 is 18.0 Å². The van der Waals surface area contributed by atoms with E-state index in [2.05, 4.69) is 23.5 Å². The molecule has 1 aromatic carbocycles. The molecule has 29 heavy (non-hydrogen) atoms. The third kappa shape index (κ3) is 4.67. The van der Waals surface area contributed by atoms with Crippen LogP contribution in [0.1, 0.15) is 35.8 Å². The van der Waals surface area contributed by atoms with Crippen LogP contribution in [0.15, 0.2) is 48.6 Å². The molecule has 0 aliphatic heterocycles. The average Bonchev–Trinajstić information content (AvgIpc) is 3.03. The number of aliphatic carboxylic acids is 1. The van der Waals surface area contributed by atoms with E-state index in [4.69, 9.17) is 4.74 Å². The van der Waals surface area contributed by atoms with Gasteiger partial charge in [0.2, 0.25) is 5.91 Å². The maximum Gasteiger partial charge on any atom is 0.407 e. The monoisotopic (exact) mass is 398 g/mol. The number of benzene rings is 1. The number of ether oxygens (including phenoxy) is 1. The third-order valence-electron chi connectivity index (χ3n) is 5.53. The van der Waals surface area contributed by atoms with Crippen LogP contribution in [0.25, 0.3) is 0 Å². The van der Waals surface area contributed by atoms with E-state index in [1.807, 2.05) is 30.4 Å². The van der Waals surface area contributed by atoms with Crippen molar-refractivity contribution in [3.63, 3.8) is 0 Å².